The van der Waals surface area contributed by atoms with Crippen molar-refractivity contribution >= 4 is 28.9 Å². The zero-order valence-electron chi connectivity index (χ0n) is 11.6. The third kappa shape index (κ3) is 5.28. The Labute approximate surface area is 128 Å². The first kappa shape index (κ1) is 17.9. The van der Waals surface area contributed by atoms with Gasteiger partial charge in [-0.2, -0.15) is 0 Å². The zero-order chi connectivity index (χ0) is 17.6. The first-order valence-electron chi connectivity index (χ1n) is 6.20. The lowest BCUT2D eigenvalue weighted by atomic mass is 9.96. The Morgan fingerprint density at radius 2 is 1.30 bits per heavy atom. The molecule has 0 aliphatic rings. The van der Waals surface area contributed by atoms with Gasteiger partial charge in [0.05, 0.1) is 23.9 Å². The Kier molecular flexibility index (Phi) is 5.62. The summed E-state index contributed by atoms with van der Waals surface area (Å²) in [5, 5.41) is 33.8. The van der Waals surface area contributed by atoms with Crippen LogP contribution in [0.2, 0.25) is 0 Å². The molecule has 1 aromatic carbocycles. The Morgan fingerprint density at radius 3 is 1.61 bits per heavy atom. The fourth-order valence-electron chi connectivity index (χ4n) is 1.69. The Bertz CT molecular complexity index is 723. The van der Waals surface area contributed by atoms with E-state index in [2.05, 4.69) is 9.97 Å². The molecule has 124 valence electrons. The van der Waals surface area contributed by atoms with E-state index in [1.54, 1.807) is 0 Å². The van der Waals surface area contributed by atoms with Gasteiger partial charge in [0.2, 0.25) is 0 Å². The molecule has 0 bridgehead atoms. The number of hydrogen-bond acceptors (Lipinski definition) is 5. The number of aromatic amines is 2. The van der Waals surface area contributed by atoms with Gasteiger partial charge in [0.1, 0.15) is 0 Å². The predicted molar refractivity (Wildman–Crippen MR) is 76.0 cm³/mol. The highest BCUT2D eigenvalue weighted by Crippen LogP contribution is 2.15. The number of carboxylic acid groups (broad SMARTS) is 3. The Morgan fingerprint density at radius 1 is 0.913 bits per heavy atom. The summed E-state index contributed by atoms with van der Waals surface area (Å²) in [6.45, 7) is 0. The minimum absolute atomic E-state index is 0.152. The van der Waals surface area contributed by atoms with Crippen LogP contribution in [0.3, 0.4) is 0 Å². The first-order valence-corrected chi connectivity index (χ1v) is 6.20. The van der Waals surface area contributed by atoms with Gasteiger partial charge in [-0.15, -0.1) is 0 Å². The van der Waals surface area contributed by atoms with Crippen molar-refractivity contribution in [1.82, 2.24) is 9.97 Å². The minimum atomic E-state index is -2.74. The maximum Gasteiger partial charge on any atom is 0.336 e. The van der Waals surface area contributed by atoms with Crippen molar-refractivity contribution in [2.24, 2.45) is 0 Å². The molecule has 0 aliphatic heterocycles. The Balaban J connectivity index is 0.000000235. The molecule has 0 saturated heterocycles. The molecule has 0 fully saturated rings. The molecule has 0 spiro atoms. The zero-order valence-corrected chi connectivity index (χ0v) is 11.6. The molecule has 0 radical (unpaired) electrons. The molecule has 0 saturated carbocycles. The van der Waals surface area contributed by atoms with Gasteiger partial charge >= 0.3 is 23.6 Å². The number of aliphatic hydroxyl groups is 1. The number of rotatable bonds is 5. The molecule has 0 amide bonds. The lowest BCUT2D eigenvalue weighted by Crippen LogP contribution is -2.42. The summed E-state index contributed by atoms with van der Waals surface area (Å²) in [5.41, 5.74) is -1.18. The minimum Gasteiger partial charge on any atom is -0.481 e. The molecule has 2 aromatic rings. The molecule has 0 unspecified atom stereocenters. The molecular formula is C13H14N2O8. The lowest BCUT2D eigenvalue weighted by molar-refractivity contribution is -0.170. The monoisotopic (exact) mass is 326 g/mol. The van der Waals surface area contributed by atoms with Gasteiger partial charge in [0.25, 0.3) is 0 Å². The van der Waals surface area contributed by atoms with Crippen LogP contribution in [0.15, 0.2) is 29.1 Å². The number of nitrogens with one attached hydrogen (secondary N) is 2. The number of aliphatic carboxylic acids is 3. The van der Waals surface area contributed by atoms with E-state index in [4.69, 9.17) is 20.4 Å². The van der Waals surface area contributed by atoms with E-state index in [9.17, 15) is 19.2 Å². The van der Waals surface area contributed by atoms with Crippen molar-refractivity contribution in [2.75, 3.05) is 0 Å². The molecule has 23 heavy (non-hydrogen) atoms. The van der Waals surface area contributed by atoms with Crippen molar-refractivity contribution < 1.29 is 34.8 Å². The molecule has 1 aromatic heterocycles. The summed E-state index contributed by atoms with van der Waals surface area (Å²) in [7, 11) is 0. The molecule has 1 heterocycles. The van der Waals surface area contributed by atoms with Crippen molar-refractivity contribution in [3.05, 3.63) is 34.7 Å². The van der Waals surface area contributed by atoms with E-state index >= 15 is 0 Å². The van der Waals surface area contributed by atoms with Gasteiger partial charge in [-0.05, 0) is 12.1 Å². The van der Waals surface area contributed by atoms with Crippen LogP contribution < -0.4 is 5.69 Å². The highest BCUT2D eigenvalue weighted by Gasteiger charge is 2.40. The molecule has 10 heteroatoms. The summed E-state index contributed by atoms with van der Waals surface area (Å²) in [5.74, 6) is -5.02. The highest BCUT2D eigenvalue weighted by molar-refractivity contribution is 5.88. The number of hydrogen-bond donors (Lipinski definition) is 6. The van der Waals surface area contributed by atoms with Gasteiger partial charge in [-0.1, -0.05) is 12.1 Å². The topological polar surface area (TPSA) is 181 Å². The van der Waals surface area contributed by atoms with Crippen LogP contribution in [0.4, 0.5) is 0 Å². The highest BCUT2D eigenvalue weighted by atomic mass is 16.4. The van der Waals surface area contributed by atoms with E-state index < -0.39 is 36.4 Å². The largest absolute Gasteiger partial charge is 0.481 e. The quantitative estimate of drug-likeness (QED) is 0.429. The number of aromatic nitrogens is 2. The van der Waals surface area contributed by atoms with Gasteiger partial charge in [-0.25, -0.2) is 9.59 Å². The van der Waals surface area contributed by atoms with E-state index in [-0.39, 0.29) is 5.69 Å². The number of carbonyl (C=O) groups is 3. The van der Waals surface area contributed by atoms with Crippen molar-refractivity contribution in [2.45, 2.75) is 18.4 Å². The molecule has 10 nitrogen and oxygen atoms in total. The molecular weight excluding hydrogens is 312 g/mol. The number of imidazole rings is 1. The fourth-order valence-corrected chi connectivity index (χ4v) is 1.69. The second-order valence-corrected chi connectivity index (χ2v) is 4.60. The normalized spacial score (nSPS) is 10.7. The summed E-state index contributed by atoms with van der Waals surface area (Å²) in [4.78, 5) is 46.5. The van der Waals surface area contributed by atoms with Gasteiger partial charge in [0.15, 0.2) is 5.60 Å². The lowest BCUT2D eigenvalue weighted by Gasteiger charge is -2.18. The van der Waals surface area contributed by atoms with E-state index in [0.717, 1.165) is 11.0 Å². The maximum atomic E-state index is 10.7. The fraction of sp³-hybridized carbons (Fsp3) is 0.231. The average molecular weight is 326 g/mol. The van der Waals surface area contributed by atoms with Gasteiger partial charge < -0.3 is 30.4 Å². The van der Waals surface area contributed by atoms with Crippen LogP contribution in [0.25, 0.3) is 11.0 Å². The van der Waals surface area contributed by atoms with Crippen LogP contribution >= 0.6 is 0 Å². The van der Waals surface area contributed by atoms with Crippen LogP contribution in [0, 0.1) is 0 Å². The van der Waals surface area contributed by atoms with Crippen molar-refractivity contribution in [3.63, 3.8) is 0 Å². The van der Waals surface area contributed by atoms with Gasteiger partial charge in [-0.3, -0.25) is 9.59 Å². The first-order chi connectivity index (χ1) is 10.6. The van der Waals surface area contributed by atoms with Crippen molar-refractivity contribution in [3.8, 4) is 0 Å². The number of benzene rings is 1. The van der Waals surface area contributed by atoms with E-state index in [0.29, 0.717) is 0 Å². The van der Waals surface area contributed by atoms with Crippen LogP contribution in [0.5, 0.6) is 0 Å². The summed E-state index contributed by atoms with van der Waals surface area (Å²) >= 11 is 0. The summed E-state index contributed by atoms with van der Waals surface area (Å²) < 4.78 is 0. The maximum absolute atomic E-state index is 10.7. The smallest absolute Gasteiger partial charge is 0.336 e. The van der Waals surface area contributed by atoms with Crippen LogP contribution in [-0.2, 0) is 14.4 Å². The number of fused-ring (bicyclic) bond motifs is 1. The van der Waals surface area contributed by atoms with E-state index in [1.807, 2.05) is 24.3 Å². The van der Waals surface area contributed by atoms with Crippen LogP contribution in [-0.4, -0.2) is 53.9 Å². The summed E-state index contributed by atoms with van der Waals surface area (Å²) in [6.07, 6.45) is -2.29. The Hall–Kier alpha value is -3.14. The third-order valence-electron chi connectivity index (χ3n) is 2.71. The second-order valence-electron chi connectivity index (χ2n) is 4.60. The molecule has 0 atom stereocenters. The number of H-pyrrole nitrogens is 2. The third-order valence-corrected chi connectivity index (χ3v) is 2.71. The second kappa shape index (κ2) is 7.22. The van der Waals surface area contributed by atoms with E-state index in [1.165, 1.54) is 0 Å². The predicted octanol–water partition coefficient (Wildman–Crippen LogP) is -0.392. The SMILES string of the molecule is O=C(O)CC(O)(CC(=O)O)C(=O)O.O=c1[nH]c2ccccc2[nH]1. The molecule has 6 N–H and O–H groups in total. The molecule has 0 aliphatic carbocycles. The van der Waals surface area contributed by atoms with Crippen LogP contribution in [0.1, 0.15) is 12.8 Å². The average Bonchev–Trinajstić information content (AvgIpc) is 2.77. The summed E-state index contributed by atoms with van der Waals surface area (Å²) in [6, 6.07) is 7.47. The number of carboxylic acids is 3. The van der Waals surface area contributed by atoms with Gasteiger partial charge in [0, 0.05) is 0 Å². The number of para-hydroxylation sites is 2. The van der Waals surface area contributed by atoms with Crippen molar-refractivity contribution in [1.29, 1.82) is 0 Å². The standard InChI is InChI=1S/C7H6N2O.C6H8O7/c10-7-8-5-3-1-2-4-6(5)9-7;7-3(8)1-6(13,5(11)12)2-4(9)10/h1-4H,(H2,8,9,10);13H,1-2H2,(H,7,8)(H,9,10)(H,11,12). The molecule has 2 rings (SSSR count).